The Morgan fingerprint density at radius 1 is 0.853 bits per heavy atom. The Balaban J connectivity index is 1.80. The Kier molecular flexibility index (Phi) is 8.85. The second kappa shape index (κ2) is 11.6. The summed E-state index contributed by atoms with van der Waals surface area (Å²) in [7, 11) is 0. The fraction of sp³-hybridized carbons (Fsp3) is 0.174. The molecule has 1 N–H and O–H groups in total. The van der Waals surface area contributed by atoms with Gasteiger partial charge in [-0.15, -0.1) is 0 Å². The lowest BCUT2D eigenvalue weighted by atomic mass is 9.91. The minimum absolute atomic E-state index is 0.00591. The first-order valence-electron chi connectivity index (χ1n) is 9.92. The molecule has 1 unspecified atom stereocenters. The van der Waals surface area contributed by atoms with Crippen LogP contribution in [0.15, 0.2) is 49.1 Å². The number of ether oxygens (including phenoxy) is 1. The Hall–Kier alpha value is -2.71. The number of amides is 1. The van der Waals surface area contributed by atoms with Crippen molar-refractivity contribution in [3.05, 3.63) is 85.8 Å². The standard InChI is InChI=1S/C23H17Cl4N3O4/c1-2-34-23(33)14(21(31)19-15(24)8-28-9-16(19)25)7-12-3-5-13(6-4-12)30-22(32)20-17(26)10-29-11-18(20)27/h3-6,8-11,14H,2,7H2,1H3,(H,30,32). The molecule has 0 aliphatic rings. The number of Topliss-reactive ketones (excluding diaryl/α,β-unsaturated/α-hetero) is 1. The van der Waals surface area contributed by atoms with Crippen LogP contribution >= 0.6 is 46.4 Å². The van der Waals surface area contributed by atoms with E-state index in [0.717, 1.165) is 0 Å². The summed E-state index contributed by atoms with van der Waals surface area (Å²) >= 11 is 24.3. The molecule has 0 aliphatic carbocycles. The molecule has 2 heterocycles. The molecule has 176 valence electrons. The number of carbonyl (C=O) groups is 3. The average molecular weight is 541 g/mol. The van der Waals surface area contributed by atoms with E-state index >= 15 is 0 Å². The van der Waals surface area contributed by atoms with Crippen LogP contribution in [0.25, 0.3) is 0 Å². The largest absolute Gasteiger partial charge is 0.465 e. The summed E-state index contributed by atoms with van der Waals surface area (Å²) in [5.74, 6) is -2.95. The minimum atomic E-state index is -1.17. The van der Waals surface area contributed by atoms with Gasteiger partial charge in [-0.2, -0.15) is 0 Å². The van der Waals surface area contributed by atoms with Gasteiger partial charge in [0.2, 0.25) is 0 Å². The molecule has 0 bridgehead atoms. The number of nitrogens with zero attached hydrogens (tertiary/aromatic N) is 2. The molecule has 7 nitrogen and oxygen atoms in total. The molecule has 0 saturated carbocycles. The third kappa shape index (κ3) is 6.04. The van der Waals surface area contributed by atoms with E-state index in [9.17, 15) is 14.4 Å². The molecule has 0 saturated heterocycles. The summed E-state index contributed by atoms with van der Waals surface area (Å²) in [4.78, 5) is 45.9. The maximum atomic E-state index is 13.2. The van der Waals surface area contributed by atoms with Crippen LogP contribution in [0.5, 0.6) is 0 Å². The number of anilines is 1. The smallest absolute Gasteiger partial charge is 0.317 e. The van der Waals surface area contributed by atoms with E-state index in [-0.39, 0.29) is 44.2 Å². The molecule has 11 heteroatoms. The van der Waals surface area contributed by atoms with Crippen LogP contribution in [0.3, 0.4) is 0 Å². The van der Waals surface area contributed by atoms with E-state index < -0.39 is 23.6 Å². The maximum Gasteiger partial charge on any atom is 0.317 e. The van der Waals surface area contributed by atoms with E-state index in [2.05, 4.69) is 15.3 Å². The van der Waals surface area contributed by atoms with Crippen molar-refractivity contribution >= 4 is 69.8 Å². The first kappa shape index (κ1) is 25.9. The normalized spacial score (nSPS) is 11.6. The first-order chi connectivity index (χ1) is 16.2. The van der Waals surface area contributed by atoms with Crippen molar-refractivity contribution in [1.82, 2.24) is 9.97 Å². The van der Waals surface area contributed by atoms with Crippen molar-refractivity contribution in [1.29, 1.82) is 0 Å². The van der Waals surface area contributed by atoms with E-state index in [0.29, 0.717) is 11.3 Å². The number of halogens is 4. The molecule has 3 rings (SSSR count). The molecule has 0 aliphatic heterocycles. The third-order valence-electron chi connectivity index (χ3n) is 4.72. The van der Waals surface area contributed by atoms with Crippen molar-refractivity contribution in [2.24, 2.45) is 5.92 Å². The summed E-state index contributed by atoms with van der Waals surface area (Å²) in [6, 6.07) is 6.58. The highest BCUT2D eigenvalue weighted by molar-refractivity contribution is 6.41. The maximum absolute atomic E-state index is 13.2. The van der Waals surface area contributed by atoms with Gasteiger partial charge in [0.05, 0.1) is 37.8 Å². The molecule has 0 spiro atoms. The van der Waals surface area contributed by atoms with Crippen LogP contribution in [-0.2, 0) is 16.0 Å². The monoisotopic (exact) mass is 539 g/mol. The molecule has 1 amide bonds. The number of hydrogen-bond acceptors (Lipinski definition) is 6. The van der Waals surface area contributed by atoms with E-state index in [4.69, 9.17) is 51.1 Å². The number of aromatic nitrogens is 2. The van der Waals surface area contributed by atoms with Crippen molar-refractivity contribution in [2.75, 3.05) is 11.9 Å². The molecular formula is C23H17Cl4N3O4. The van der Waals surface area contributed by atoms with Gasteiger partial charge >= 0.3 is 5.97 Å². The minimum Gasteiger partial charge on any atom is -0.465 e. The number of benzene rings is 1. The molecule has 3 aromatic rings. The SMILES string of the molecule is CCOC(=O)C(Cc1ccc(NC(=O)c2c(Cl)cncc2Cl)cc1)C(=O)c1c(Cl)cncc1Cl. The molecule has 1 aromatic carbocycles. The van der Waals surface area contributed by atoms with Gasteiger partial charge in [-0.05, 0) is 31.0 Å². The fourth-order valence-electron chi connectivity index (χ4n) is 3.13. The average Bonchev–Trinajstić information content (AvgIpc) is 2.78. The van der Waals surface area contributed by atoms with Crippen molar-refractivity contribution < 1.29 is 19.1 Å². The molecule has 0 fully saturated rings. The lowest BCUT2D eigenvalue weighted by Gasteiger charge is -2.16. The van der Waals surface area contributed by atoms with Crippen molar-refractivity contribution in [2.45, 2.75) is 13.3 Å². The fourth-order valence-corrected chi connectivity index (χ4v) is 4.22. The summed E-state index contributed by atoms with van der Waals surface area (Å²) in [5.41, 5.74) is 1.20. The van der Waals surface area contributed by atoms with Gasteiger partial charge in [0.1, 0.15) is 5.92 Å². The lowest BCUT2D eigenvalue weighted by molar-refractivity contribution is -0.146. The van der Waals surface area contributed by atoms with Gasteiger partial charge in [-0.25, -0.2) is 0 Å². The second-order valence-corrected chi connectivity index (χ2v) is 8.61. The first-order valence-corrected chi connectivity index (χ1v) is 11.4. The third-order valence-corrected chi connectivity index (χ3v) is 5.87. The number of pyridine rings is 2. The highest BCUT2D eigenvalue weighted by atomic mass is 35.5. The summed E-state index contributed by atoms with van der Waals surface area (Å²) in [6.45, 7) is 1.75. The predicted octanol–water partition coefficient (Wildman–Crippen LogP) is 5.95. The van der Waals surface area contributed by atoms with Gasteiger partial charge in [0.15, 0.2) is 5.78 Å². The quantitative estimate of drug-likeness (QED) is 0.215. The number of carbonyl (C=O) groups excluding carboxylic acids is 3. The molecule has 2 aromatic heterocycles. The van der Waals surface area contributed by atoms with Gasteiger partial charge in [0.25, 0.3) is 5.91 Å². The predicted molar refractivity (Wildman–Crippen MR) is 131 cm³/mol. The van der Waals surface area contributed by atoms with Gasteiger partial charge in [-0.3, -0.25) is 24.4 Å². The summed E-state index contributed by atoms with van der Waals surface area (Å²) in [5, 5.41) is 3.00. The van der Waals surface area contributed by atoms with Crippen LogP contribution < -0.4 is 5.32 Å². The van der Waals surface area contributed by atoms with Crippen LogP contribution in [0.4, 0.5) is 5.69 Å². The molecular weight excluding hydrogens is 524 g/mol. The van der Waals surface area contributed by atoms with E-state index in [1.54, 1.807) is 31.2 Å². The second-order valence-electron chi connectivity index (χ2n) is 6.98. The molecule has 0 radical (unpaired) electrons. The molecule has 34 heavy (non-hydrogen) atoms. The Morgan fingerprint density at radius 2 is 1.35 bits per heavy atom. The highest BCUT2D eigenvalue weighted by Gasteiger charge is 2.32. The topological polar surface area (TPSA) is 98.2 Å². The van der Waals surface area contributed by atoms with Crippen LogP contribution in [0, 0.1) is 5.92 Å². The molecule has 1 atom stereocenters. The van der Waals surface area contributed by atoms with Crippen LogP contribution in [-0.4, -0.2) is 34.2 Å². The zero-order valence-corrected chi connectivity index (χ0v) is 20.7. The zero-order chi connectivity index (χ0) is 24.8. The van der Waals surface area contributed by atoms with Crippen LogP contribution in [0.2, 0.25) is 20.1 Å². The summed E-state index contributed by atoms with van der Waals surface area (Å²) < 4.78 is 5.10. The van der Waals surface area contributed by atoms with Gasteiger partial charge < -0.3 is 10.1 Å². The lowest BCUT2D eigenvalue weighted by Crippen LogP contribution is -2.29. The zero-order valence-electron chi connectivity index (χ0n) is 17.6. The Bertz CT molecular complexity index is 1190. The van der Waals surface area contributed by atoms with Gasteiger partial charge in [0, 0.05) is 30.5 Å². The van der Waals surface area contributed by atoms with Crippen LogP contribution in [0.1, 0.15) is 33.2 Å². The summed E-state index contributed by atoms with van der Waals surface area (Å²) in [6.07, 6.45) is 5.23. The van der Waals surface area contributed by atoms with Crippen molar-refractivity contribution in [3.63, 3.8) is 0 Å². The number of esters is 1. The number of nitrogens with one attached hydrogen (secondary N) is 1. The Labute approximate surface area is 215 Å². The number of rotatable bonds is 8. The number of hydrogen-bond donors (Lipinski definition) is 1. The number of ketones is 1. The van der Waals surface area contributed by atoms with E-state index in [1.165, 1.54) is 24.8 Å². The van der Waals surface area contributed by atoms with E-state index in [1.807, 2.05) is 0 Å². The highest BCUT2D eigenvalue weighted by Crippen LogP contribution is 2.28. The Morgan fingerprint density at radius 3 is 1.85 bits per heavy atom. The van der Waals surface area contributed by atoms with Crippen molar-refractivity contribution in [3.8, 4) is 0 Å². The van der Waals surface area contributed by atoms with Gasteiger partial charge in [-0.1, -0.05) is 58.5 Å².